The van der Waals surface area contributed by atoms with Crippen LogP contribution in [-0.4, -0.2) is 22.2 Å². The van der Waals surface area contributed by atoms with Gasteiger partial charge in [-0.2, -0.15) is 5.10 Å². The number of hydrogen-bond donors (Lipinski definition) is 1. The normalized spacial score (nSPS) is 10.5. The standard InChI is InChI=1S/C14H19N5/c1-10-11(2)17-18-14(16-10)19(3)9-13-6-4-12(8-15)5-7-13/h4-7H,8-9,15H2,1-3H3. The Morgan fingerprint density at radius 2 is 1.63 bits per heavy atom. The molecule has 0 spiro atoms. The second-order valence-electron chi connectivity index (χ2n) is 4.66. The van der Waals surface area contributed by atoms with Crippen LogP contribution < -0.4 is 10.6 Å². The third-order valence-corrected chi connectivity index (χ3v) is 3.10. The van der Waals surface area contributed by atoms with Crippen LogP contribution in [0.15, 0.2) is 24.3 Å². The highest BCUT2D eigenvalue weighted by Gasteiger charge is 2.07. The Bertz CT molecular complexity index is 550. The molecule has 0 saturated heterocycles. The Morgan fingerprint density at radius 1 is 1.00 bits per heavy atom. The summed E-state index contributed by atoms with van der Waals surface area (Å²) in [5.74, 6) is 0.644. The first-order valence-electron chi connectivity index (χ1n) is 6.27. The van der Waals surface area contributed by atoms with Gasteiger partial charge in [0.15, 0.2) is 0 Å². The van der Waals surface area contributed by atoms with E-state index in [0.29, 0.717) is 12.5 Å². The lowest BCUT2D eigenvalue weighted by Gasteiger charge is -2.17. The third kappa shape index (κ3) is 3.26. The highest BCUT2D eigenvalue weighted by molar-refractivity contribution is 5.32. The van der Waals surface area contributed by atoms with Gasteiger partial charge in [0, 0.05) is 20.1 Å². The summed E-state index contributed by atoms with van der Waals surface area (Å²) in [5.41, 5.74) is 9.69. The lowest BCUT2D eigenvalue weighted by molar-refractivity contribution is 0.804. The van der Waals surface area contributed by atoms with Crippen LogP contribution in [0.25, 0.3) is 0 Å². The molecule has 2 rings (SSSR count). The third-order valence-electron chi connectivity index (χ3n) is 3.10. The second kappa shape index (κ2) is 5.75. The van der Waals surface area contributed by atoms with Crippen LogP contribution in [0.3, 0.4) is 0 Å². The molecule has 0 radical (unpaired) electrons. The monoisotopic (exact) mass is 257 g/mol. The van der Waals surface area contributed by atoms with Crippen LogP contribution >= 0.6 is 0 Å². The Kier molecular flexibility index (Phi) is 4.06. The van der Waals surface area contributed by atoms with E-state index < -0.39 is 0 Å². The molecular weight excluding hydrogens is 238 g/mol. The molecule has 0 atom stereocenters. The summed E-state index contributed by atoms with van der Waals surface area (Å²) in [6.07, 6.45) is 0. The molecule has 2 N–H and O–H groups in total. The minimum atomic E-state index is 0.570. The van der Waals surface area contributed by atoms with Gasteiger partial charge in [-0.25, -0.2) is 4.98 Å². The predicted molar refractivity (Wildman–Crippen MR) is 75.7 cm³/mol. The fourth-order valence-electron chi connectivity index (χ4n) is 1.73. The van der Waals surface area contributed by atoms with E-state index in [2.05, 4.69) is 27.3 Å². The van der Waals surface area contributed by atoms with Gasteiger partial charge in [-0.15, -0.1) is 5.10 Å². The van der Waals surface area contributed by atoms with Gasteiger partial charge in [-0.3, -0.25) is 0 Å². The van der Waals surface area contributed by atoms with Crippen LogP contribution in [0.5, 0.6) is 0 Å². The zero-order chi connectivity index (χ0) is 13.8. The lowest BCUT2D eigenvalue weighted by atomic mass is 10.1. The molecule has 5 nitrogen and oxygen atoms in total. The average molecular weight is 257 g/mol. The Balaban J connectivity index is 2.10. The summed E-state index contributed by atoms with van der Waals surface area (Å²) >= 11 is 0. The van der Waals surface area contributed by atoms with Crippen molar-refractivity contribution in [1.29, 1.82) is 0 Å². The van der Waals surface area contributed by atoms with Gasteiger partial charge >= 0.3 is 0 Å². The average Bonchev–Trinajstić information content (AvgIpc) is 2.42. The molecule has 5 heteroatoms. The SMILES string of the molecule is Cc1nnc(N(C)Cc2ccc(CN)cc2)nc1C. The highest BCUT2D eigenvalue weighted by Crippen LogP contribution is 2.11. The molecular formula is C14H19N5. The predicted octanol–water partition coefficient (Wildman–Crippen LogP) is 1.58. The fraction of sp³-hybridized carbons (Fsp3) is 0.357. The van der Waals surface area contributed by atoms with Gasteiger partial charge in [0.05, 0.1) is 11.4 Å². The fourth-order valence-corrected chi connectivity index (χ4v) is 1.73. The molecule has 2 aromatic rings. The summed E-state index contributed by atoms with van der Waals surface area (Å²) in [7, 11) is 1.96. The number of hydrogen-bond acceptors (Lipinski definition) is 5. The molecule has 0 aliphatic rings. The number of aryl methyl sites for hydroxylation is 2. The molecule has 0 unspecified atom stereocenters. The first-order valence-corrected chi connectivity index (χ1v) is 6.27. The molecule has 0 aliphatic carbocycles. The molecule has 0 saturated carbocycles. The first kappa shape index (κ1) is 13.4. The zero-order valence-electron chi connectivity index (χ0n) is 11.6. The Hall–Kier alpha value is -2.01. The van der Waals surface area contributed by atoms with E-state index in [-0.39, 0.29) is 0 Å². The van der Waals surface area contributed by atoms with Gasteiger partial charge in [0.1, 0.15) is 0 Å². The minimum Gasteiger partial charge on any atom is -0.338 e. The van der Waals surface area contributed by atoms with Crippen molar-refractivity contribution >= 4 is 5.95 Å². The zero-order valence-corrected chi connectivity index (χ0v) is 11.6. The van der Waals surface area contributed by atoms with E-state index in [4.69, 9.17) is 5.73 Å². The van der Waals surface area contributed by atoms with Crippen molar-refractivity contribution in [2.45, 2.75) is 26.9 Å². The van der Waals surface area contributed by atoms with Gasteiger partial charge in [-0.05, 0) is 25.0 Å². The van der Waals surface area contributed by atoms with E-state index in [1.54, 1.807) is 0 Å². The number of rotatable bonds is 4. The molecule has 0 bridgehead atoms. The Morgan fingerprint density at radius 3 is 2.21 bits per heavy atom. The largest absolute Gasteiger partial charge is 0.338 e. The molecule has 0 fully saturated rings. The smallest absolute Gasteiger partial charge is 0.245 e. The minimum absolute atomic E-state index is 0.570. The van der Waals surface area contributed by atoms with Crippen molar-refractivity contribution in [2.75, 3.05) is 11.9 Å². The highest BCUT2D eigenvalue weighted by atomic mass is 15.3. The maximum absolute atomic E-state index is 5.58. The van der Waals surface area contributed by atoms with Gasteiger partial charge in [0.2, 0.25) is 5.95 Å². The lowest BCUT2D eigenvalue weighted by Crippen LogP contribution is -2.20. The summed E-state index contributed by atoms with van der Waals surface area (Å²) in [6.45, 7) is 5.16. The molecule has 0 aliphatic heterocycles. The molecule has 19 heavy (non-hydrogen) atoms. The maximum Gasteiger partial charge on any atom is 0.245 e. The molecule has 1 aromatic heterocycles. The van der Waals surface area contributed by atoms with Crippen molar-refractivity contribution in [3.05, 3.63) is 46.8 Å². The van der Waals surface area contributed by atoms with Crippen molar-refractivity contribution in [1.82, 2.24) is 15.2 Å². The van der Waals surface area contributed by atoms with Crippen molar-refractivity contribution in [2.24, 2.45) is 5.73 Å². The maximum atomic E-state index is 5.58. The van der Waals surface area contributed by atoms with Crippen LogP contribution in [0.1, 0.15) is 22.5 Å². The van der Waals surface area contributed by atoms with Gasteiger partial charge < -0.3 is 10.6 Å². The van der Waals surface area contributed by atoms with Crippen molar-refractivity contribution in [3.63, 3.8) is 0 Å². The molecule has 1 aromatic carbocycles. The van der Waals surface area contributed by atoms with Crippen LogP contribution in [0.2, 0.25) is 0 Å². The number of aromatic nitrogens is 3. The number of nitrogens with two attached hydrogens (primary N) is 1. The number of benzene rings is 1. The summed E-state index contributed by atoms with van der Waals surface area (Å²) in [5, 5.41) is 8.21. The quantitative estimate of drug-likeness (QED) is 0.900. The molecule has 100 valence electrons. The number of anilines is 1. The summed E-state index contributed by atoms with van der Waals surface area (Å²) in [4.78, 5) is 6.42. The van der Waals surface area contributed by atoms with Gasteiger partial charge in [0.25, 0.3) is 0 Å². The topological polar surface area (TPSA) is 67.9 Å². The van der Waals surface area contributed by atoms with E-state index in [9.17, 15) is 0 Å². The van der Waals surface area contributed by atoms with Crippen molar-refractivity contribution in [3.8, 4) is 0 Å². The molecule has 1 heterocycles. The number of nitrogens with zero attached hydrogens (tertiary/aromatic N) is 4. The van der Waals surface area contributed by atoms with E-state index >= 15 is 0 Å². The Labute approximate surface area is 113 Å². The van der Waals surface area contributed by atoms with E-state index in [0.717, 1.165) is 23.5 Å². The van der Waals surface area contributed by atoms with Gasteiger partial charge in [-0.1, -0.05) is 24.3 Å². The van der Waals surface area contributed by atoms with Crippen LogP contribution in [0, 0.1) is 13.8 Å². The van der Waals surface area contributed by atoms with Crippen LogP contribution in [0.4, 0.5) is 5.95 Å². The van der Waals surface area contributed by atoms with E-state index in [1.165, 1.54) is 5.56 Å². The molecule has 0 amide bonds. The summed E-state index contributed by atoms with van der Waals surface area (Å²) in [6, 6.07) is 8.24. The first-order chi connectivity index (χ1) is 9.10. The second-order valence-corrected chi connectivity index (χ2v) is 4.66. The summed E-state index contributed by atoms with van der Waals surface area (Å²) < 4.78 is 0. The van der Waals surface area contributed by atoms with Crippen molar-refractivity contribution < 1.29 is 0 Å². The van der Waals surface area contributed by atoms with Crippen LogP contribution in [-0.2, 0) is 13.1 Å². The van der Waals surface area contributed by atoms with E-state index in [1.807, 2.05) is 37.9 Å².